The molecule has 0 amide bonds. The molecular weight excluding hydrogens is 382 g/mol. The Morgan fingerprint density at radius 3 is 2.75 bits per heavy atom. The van der Waals surface area contributed by atoms with E-state index in [1.54, 1.807) is 11.3 Å². The molecule has 0 bridgehead atoms. The Morgan fingerprint density at radius 2 is 1.93 bits per heavy atom. The van der Waals surface area contributed by atoms with Crippen molar-refractivity contribution >= 4 is 45.3 Å². The number of H-pyrrole nitrogens is 1. The molecule has 0 saturated carbocycles. The zero-order valence-corrected chi connectivity index (χ0v) is 17.6. The normalized spacial score (nSPS) is 12.1. The van der Waals surface area contributed by atoms with Crippen molar-refractivity contribution < 1.29 is 0 Å². The smallest absolute Gasteiger partial charge is 0.170 e. The fraction of sp³-hybridized carbons (Fsp3) is 0.174. The number of rotatable bonds is 5. The highest BCUT2D eigenvalue weighted by Crippen LogP contribution is 2.32. The van der Waals surface area contributed by atoms with Gasteiger partial charge < -0.3 is 15.6 Å². The van der Waals surface area contributed by atoms with Gasteiger partial charge in [-0.05, 0) is 66.3 Å². The number of thiocarbonyl (C=S) groups is 1. The molecule has 0 aliphatic rings. The quantitative estimate of drug-likeness (QED) is 0.359. The van der Waals surface area contributed by atoms with Crippen molar-refractivity contribution in [2.45, 2.75) is 19.8 Å². The highest BCUT2D eigenvalue weighted by molar-refractivity contribution is 7.80. The van der Waals surface area contributed by atoms with Crippen molar-refractivity contribution in [3.8, 4) is 0 Å². The molecular formula is C23H23N3S2. The summed E-state index contributed by atoms with van der Waals surface area (Å²) in [5.41, 5.74) is 5.98. The molecule has 5 heteroatoms. The summed E-state index contributed by atoms with van der Waals surface area (Å²) in [6.45, 7) is 4.96. The topological polar surface area (TPSA) is 39.8 Å². The predicted molar refractivity (Wildman–Crippen MR) is 125 cm³/mol. The molecule has 28 heavy (non-hydrogen) atoms. The van der Waals surface area contributed by atoms with Crippen LogP contribution < -0.4 is 10.6 Å². The molecule has 0 aliphatic carbocycles. The summed E-state index contributed by atoms with van der Waals surface area (Å²) >= 11 is 7.37. The van der Waals surface area contributed by atoms with Gasteiger partial charge in [0.25, 0.3) is 0 Å². The lowest BCUT2D eigenvalue weighted by Gasteiger charge is -2.19. The number of fused-ring (bicyclic) bond motifs is 1. The van der Waals surface area contributed by atoms with E-state index in [4.69, 9.17) is 12.2 Å². The summed E-state index contributed by atoms with van der Waals surface area (Å²) in [6.07, 6.45) is 2.12. The molecule has 4 aromatic rings. The summed E-state index contributed by atoms with van der Waals surface area (Å²) in [5, 5.41) is 10.8. The van der Waals surface area contributed by atoms with Crippen LogP contribution in [0, 0.1) is 13.8 Å². The van der Waals surface area contributed by atoms with Crippen molar-refractivity contribution in [1.82, 2.24) is 10.3 Å². The van der Waals surface area contributed by atoms with E-state index >= 15 is 0 Å². The Hall–Kier alpha value is -2.63. The van der Waals surface area contributed by atoms with E-state index in [-0.39, 0.29) is 5.92 Å². The maximum absolute atomic E-state index is 5.59. The fourth-order valence-electron chi connectivity index (χ4n) is 3.48. The molecule has 142 valence electrons. The van der Waals surface area contributed by atoms with Crippen LogP contribution in [0.3, 0.4) is 0 Å². The van der Waals surface area contributed by atoms with Gasteiger partial charge in [-0.15, -0.1) is 11.3 Å². The van der Waals surface area contributed by atoms with Crippen molar-refractivity contribution in [2.75, 3.05) is 11.9 Å². The van der Waals surface area contributed by atoms with Gasteiger partial charge in [0.2, 0.25) is 0 Å². The monoisotopic (exact) mass is 405 g/mol. The molecule has 0 fully saturated rings. The Labute approximate surface area is 174 Å². The standard InChI is InChI=1S/C23H23N3S2/c1-15-7-5-10-20(16(15)2)26-23(27)25-14-19(22-11-6-12-28-22)18-13-24-21-9-4-3-8-17(18)21/h3-13,19,24H,14H2,1-2H3,(H2,25,26,27)/t19-/m0/s1. The van der Waals surface area contributed by atoms with E-state index in [1.807, 2.05) is 6.07 Å². The van der Waals surface area contributed by atoms with Gasteiger partial charge in [-0.2, -0.15) is 0 Å². The van der Waals surface area contributed by atoms with Crippen LogP contribution in [-0.4, -0.2) is 16.6 Å². The van der Waals surface area contributed by atoms with Crippen molar-refractivity contribution in [3.05, 3.63) is 87.7 Å². The van der Waals surface area contributed by atoms with Gasteiger partial charge in [0.1, 0.15) is 0 Å². The van der Waals surface area contributed by atoms with E-state index in [9.17, 15) is 0 Å². The molecule has 0 radical (unpaired) electrons. The second kappa shape index (κ2) is 8.17. The number of aromatic amines is 1. The molecule has 4 rings (SSSR count). The highest BCUT2D eigenvalue weighted by atomic mass is 32.1. The second-order valence-corrected chi connectivity index (χ2v) is 8.33. The Bertz CT molecular complexity index is 1100. The minimum atomic E-state index is 0.231. The second-order valence-electron chi connectivity index (χ2n) is 6.94. The summed E-state index contributed by atoms with van der Waals surface area (Å²) in [6, 6.07) is 19.0. The highest BCUT2D eigenvalue weighted by Gasteiger charge is 2.19. The molecule has 3 N–H and O–H groups in total. The lowest BCUT2D eigenvalue weighted by atomic mass is 9.97. The average molecular weight is 406 g/mol. The first-order valence-corrected chi connectivity index (χ1v) is 10.6. The Balaban J connectivity index is 1.54. The van der Waals surface area contributed by atoms with Gasteiger partial charge in [-0.3, -0.25) is 0 Å². The molecule has 2 aromatic carbocycles. The van der Waals surface area contributed by atoms with Gasteiger partial charge in [-0.1, -0.05) is 36.4 Å². The predicted octanol–water partition coefficient (Wildman–Crippen LogP) is 5.96. The SMILES string of the molecule is Cc1cccc(NC(=S)NC[C@H](c2cccs2)c2c[nH]c3ccccc23)c1C. The van der Waals surface area contributed by atoms with Crippen LogP contribution in [-0.2, 0) is 0 Å². The zero-order valence-electron chi connectivity index (χ0n) is 16.0. The third kappa shape index (κ3) is 3.81. The number of nitrogens with one attached hydrogen (secondary N) is 3. The summed E-state index contributed by atoms with van der Waals surface area (Å²) in [4.78, 5) is 4.73. The molecule has 2 aromatic heterocycles. The van der Waals surface area contributed by atoms with E-state index in [0.29, 0.717) is 5.11 Å². The molecule has 0 aliphatic heterocycles. The Morgan fingerprint density at radius 1 is 1.07 bits per heavy atom. The molecule has 0 saturated heterocycles. The van der Waals surface area contributed by atoms with Crippen molar-refractivity contribution in [3.63, 3.8) is 0 Å². The molecule has 3 nitrogen and oxygen atoms in total. The van der Waals surface area contributed by atoms with E-state index in [2.05, 4.69) is 89.6 Å². The van der Waals surface area contributed by atoms with Crippen LogP contribution in [0.5, 0.6) is 0 Å². The van der Waals surface area contributed by atoms with Gasteiger partial charge in [-0.25, -0.2) is 0 Å². The molecule has 2 heterocycles. The minimum Gasteiger partial charge on any atom is -0.361 e. The third-order valence-electron chi connectivity index (χ3n) is 5.20. The van der Waals surface area contributed by atoms with Gasteiger partial charge >= 0.3 is 0 Å². The number of aryl methyl sites for hydroxylation is 1. The van der Waals surface area contributed by atoms with Crippen molar-refractivity contribution in [2.24, 2.45) is 0 Å². The maximum atomic E-state index is 5.59. The summed E-state index contributed by atoms with van der Waals surface area (Å²) in [5.74, 6) is 0.231. The molecule has 0 unspecified atom stereocenters. The van der Waals surface area contributed by atoms with Crippen LogP contribution >= 0.6 is 23.6 Å². The number of aromatic nitrogens is 1. The average Bonchev–Trinajstić information content (AvgIpc) is 3.37. The fourth-order valence-corrected chi connectivity index (χ4v) is 4.52. The van der Waals surface area contributed by atoms with Gasteiger partial charge in [0.05, 0.1) is 0 Å². The Kier molecular flexibility index (Phi) is 5.46. The van der Waals surface area contributed by atoms with E-state index in [1.165, 1.54) is 27.0 Å². The largest absolute Gasteiger partial charge is 0.361 e. The van der Waals surface area contributed by atoms with Gasteiger partial charge in [0, 0.05) is 40.1 Å². The number of para-hydroxylation sites is 1. The minimum absolute atomic E-state index is 0.231. The first-order chi connectivity index (χ1) is 13.6. The zero-order chi connectivity index (χ0) is 19.5. The van der Waals surface area contributed by atoms with E-state index < -0.39 is 0 Å². The lowest BCUT2D eigenvalue weighted by molar-refractivity contribution is 0.778. The van der Waals surface area contributed by atoms with Crippen LogP contribution in [0.15, 0.2) is 66.2 Å². The number of benzene rings is 2. The van der Waals surface area contributed by atoms with Gasteiger partial charge in [0.15, 0.2) is 5.11 Å². The van der Waals surface area contributed by atoms with Crippen LogP contribution in [0.1, 0.15) is 27.5 Å². The third-order valence-corrected chi connectivity index (χ3v) is 6.44. The number of anilines is 1. The van der Waals surface area contributed by atoms with E-state index in [0.717, 1.165) is 17.7 Å². The maximum Gasteiger partial charge on any atom is 0.170 e. The van der Waals surface area contributed by atoms with Crippen LogP contribution in [0.4, 0.5) is 5.69 Å². The number of hydrogen-bond donors (Lipinski definition) is 3. The van der Waals surface area contributed by atoms with Crippen LogP contribution in [0.25, 0.3) is 10.9 Å². The summed E-state index contributed by atoms with van der Waals surface area (Å²) in [7, 11) is 0. The molecule has 0 spiro atoms. The lowest BCUT2D eigenvalue weighted by Crippen LogP contribution is -2.32. The number of hydrogen-bond acceptors (Lipinski definition) is 2. The van der Waals surface area contributed by atoms with Crippen molar-refractivity contribution in [1.29, 1.82) is 0 Å². The number of thiophene rings is 1. The summed E-state index contributed by atoms with van der Waals surface area (Å²) < 4.78 is 0. The van der Waals surface area contributed by atoms with Crippen LogP contribution in [0.2, 0.25) is 0 Å². The molecule has 1 atom stereocenters. The first kappa shape index (κ1) is 18.7. The first-order valence-electron chi connectivity index (χ1n) is 9.34.